The summed E-state index contributed by atoms with van der Waals surface area (Å²) in [6.07, 6.45) is 2.57. The van der Waals surface area contributed by atoms with E-state index in [2.05, 4.69) is 11.5 Å². The Balaban J connectivity index is 2.35. The summed E-state index contributed by atoms with van der Waals surface area (Å²) in [7, 11) is 2.00. The summed E-state index contributed by atoms with van der Waals surface area (Å²) in [4.78, 5) is 28.0. The zero-order valence-electron chi connectivity index (χ0n) is 15.4. The van der Waals surface area contributed by atoms with Gasteiger partial charge in [0.15, 0.2) is 11.6 Å². The van der Waals surface area contributed by atoms with Gasteiger partial charge in [0, 0.05) is 38.6 Å². The minimum atomic E-state index is -1.38. The zero-order chi connectivity index (χ0) is 19.7. The van der Waals surface area contributed by atoms with Gasteiger partial charge in [-0.2, -0.15) is 0 Å². The molecule has 2 aromatic rings. The highest BCUT2D eigenvalue weighted by Gasteiger charge is 2.27. The fourth-order valence-corrected chi connectivity index (χ4v) is 3.35. The van der Waals surface area contributed by atoms with Gasteiger partial charge in [-0.15, -0.1) is 0 Å². The second-order valence-corrected chi connectivity index (χ2v) is 6.42. The molecule has 27 heavy (non-hydrogen) atoms. The lowest BCUT2D eigenvalue weighted by Crippen LogP contribution is -2.45. The molecule has 1 aliphatic heterocycles. The number of carbonyl (C=O) groups is 1. The molecule has 0 unspecified atom stereocenters. The molecule has 0 atom stereocenters. The van der Waals surface area contributed by atoms with Crippen molar-refractivity contribution in [3.8, 4) is 5.75 Å². The lowest BCUT2D eigenvalue weighted by atomic mass is 10.1. The zero-order valence-corrected chi connectivity index (χ0v) is 15.4. The average Bonchev–Trinajstić information content (AvgIpc) is 2.63. The van der Waals surface area contributed by atoms with Crippen LogP contribution in [0.5, 0.6) is 5.75 Å². The number of piperazine rings is 1. The quantitative estimate of drug-likeness (QED) is 0.863. The number of hydrogen-bond donors (Lipinski definition) is 1. The van der Waals surface area contributed by atoms with E-state index in [0.29, 0.717) is 18.6 Å². The molecule has 1 N–H and O–H groups in total. The van der Waals surface area contributed by atoms with Gasteiger partial charge >= 0.3 is 5.97 Å². The number of fused-ring (bicyclic) bond motifs is 1. The Morgan fingerprint density at radius 1 is 1.37 bits per heavy atom. The molecule has 3 rings (SSSR count). The summed E-state index contributed by atoms with van der Waals surface area (Å²) in [6, 6.07) is 1.10. The van der Waals surface area contributed by atoms with Crippen LogP contribution in [0.15, 0.2) is 23.6 Å². The smallest absolute Gasteiger partial charge is 0.341 e. The Hall–Kier alpha value is -2.87. The number of aromatic carboxylic acids is 1. The van der Waals surface area contributed by atoms with Crippen molar-refractivity contribution in [3.05, 3.63) is 40.4 Å². The van der Waals surface area contributed by atoms with E-state index in [9.17, 15) is 14.7 Å². The minimum absolute atomic E-state index is 0.0476. The lowest BCUT2D eigenvalue weighted by Gasteiger charge is -2.35. The lowest BCUT2D eigenvalue weighted by molar-refractivity contribution is 0.0695. The molecular weight excluding hydrogens is 353 g/mol. The maximum Gasteiger partial charge on any atom is 0.341 e. The molecule has 0 aliphatic carbocycles. The van der Waals surface area contributed by atoms with Crippen LogP contribution >= 0.6 is 0 Å². The van der Waals surface area contributed by atoms with Gasteiger partial charge < -0.3 is 24.2 Å². The normalized spacial score (nSPS) is 15.1. The number of likely N-dealkylation sites (N-methyl/N-ethyl adjacent to an activating group) is 1. The van der Waals surface area contributed by atoms with Gasteiger partial charge in [0.05, 0.1) is 12.0 Å². The monoisotopic (exact) mass is 375 g/mol. The maximum absolute atomic E-state index is 15.1. The highest BCUT2D eigenvalue weighted by atomic mass is 19.1. The molecule has 144 valence electrons. The number of nitrogens with zero attached hydrogens (tertiary/aromatic N) is 3. The molecule has 1 aliphatic rings. The van der Waals surface area contributed by atoms with E-state index in [4.69, 9.17) is 4.74 Å². The van der Waals surface area contributed by atoms with Crippen LogP contribution in [0.1, 0.15) is 17.3 Å². The molecule has 0 amide bonds. The maximum atomic E-state index is 15.1. The SMILES string of the molecule is C=Cn1cc(C(=O)O)c(=O)c2cc(F)c(N3CCN(C)CC3)c(OCC)c21. The number of pyridine rings is 1. The molecule has 0 bridgehead atoms. The Kier molecular flexibility index (Phi) is 5.18. The number of hydrogen-bond acceptors (Lipinski definition) is 5. The number of carboxylic acids is 1. The molecule has 0 saturated carbocycles. The third kappa shape index (κ3) is 3.28. The summed E-state index contributed by atoms with van der Waals surface area (Å²) in [5, 5.41) is 9.24. The predicted molar refractivity (Wildman–Crippen MR) is 102 cm³/mol. The molecule has 7 nitrogen and oxygen atoms in total. The molecule has 1 saturated heterocycles. The van der Waals surface area contributed by atoms with E-state index in [-0.39, 0.29) is 23.4 Å². The third-order valence-corrected chi connectivity index (χ3v) is 4.73. The van der Waals surface area contributed by atoms with Crippen molar-refractivity contribution >= 4 is 28.8 Å². The Morgan fingerprint density at radius 3 is 2.59 bits per heavy atom. The van der Waals surface area contributed by atoms with Crippen molar-refractivity contribution in [2.45, 2.75) is 6.92 Å². The van der Waals surface area contributed by atoms with Crippen molar-refractivity contribution in [2.75, 3.05) is 44.7 Å². The second kappa shape index (κ2) is 7.40. The first-order chi connectivity index (χ1) is 12.9. The van der Waals surface area contributed by atoms with E-state index in [1.165, 1.54) is 17.0 Å². The summed E-state index contributed by atoms with van der Waals surface area (Å²) >= 11 is 0. The first-order valence-corrected chi connectivity index (χ1v) is 8.72. The second-order valence-electron chi connectivity index (χ2n) is 6.42. The van der Waals surface area contributed by atoms with Crippen LogP contribution in [0.3, 0.4) is 0 Å². The summed E-state index contributed by atoms with van der Waals surface area (Å²) in [5.74, 6) is -1.75. The summed E-state index contributed by atoms with van der Waals surface area (Å²) in [5.41, 5.74) is -0.593. The van der Waals surface area contributed by atoms with Gasteiger partial charge in [-0.3, -0.25) is 4.79 Å². The minimum Gasteiger partial charge on any atom is -0.489 e. The highest BCUT2D eigenvalue weighted by Crippen LogP contribution is 2.38. The van der Waals surface area contributed by atoms with Crippen molar-refractivity contribution in [1.82, 2.24) is 9.47 Å². The van der Waals surface area contributed by atoms with Gasteiger partial charge in [0.25, 0.3) is 0 Å². The molecule has 0 spiro atoms. The molecule has 8 heteroatoms. The number of carboxylic acid groups (broad SMARTS) is 1. The number of ether oxygens (including phenoxy) is 1. The van der Waals surface area contributed by atoms with Crippen molar-refractivity contribution in [1.29, 1.82) is 0 Å². The predicted octanol–water partition coefficient (Wildman–Crippen LogP) is 2.09. The summed E-state index contributed by atoms with van der Waals surface area (Å²) in [6.45, 7) is 8.50. The Morgan fingerprint density at radius 2 is 2.04 bits per heavy atom. The molecule has 1 aromatic heterocycles. The van der Waals surface area contributed by atoms with Crippen LogP contribution in [0.2, 0.25) is 0 Å². The van der Waals surface area contributed by atoms with Gasteiger partial charge in [0.2, 0.25) is 5.43 Å². The van der Waals surface area contributed by atoms with Crippen LogP contribution in [-0.2, 0) is 0 Å². The molecule has 0 radical (unpaired) electrons. The van der Waals surface area contributed by atoms with Crippen LogP contribution in [0, 0.1) is 5.82 Å². The van der Waals surface area contributed by atoms with Gasteiger partial charge in [0.1, 0.15) is 16.8 Å². The Labute approximate surface area is 155 Å². The number of rotatable bonds is 5. The van der Waals surface area contributed by atoms with Gasteiger partial charge in [-0.25, -0.2) is 9.18 Å². The highest BCUT2D eigenvalue weighted by molar-refractivity contribution is 5.97. The summed E-state index contributed by atoms with van der Waals surface area (Å²) < 4.78 is 22.2. The standard InChI is InChI=1S/C19H22FN3O4/c1-4-22-11-13(19(25)26)17(24)12-10-14(20)16(18(15(12)22)27-5-2)23-8-6-21(3)7-9-23/h4,10-11H,1,5-9H2,2-3H3,(H,25,26). The number of benzene rings is 1. The van der Waals surface area contributed by atoms with E-state index < -0.39 is 22.8 Å². The van der Waals surface area contributed by atoms with Crippen molar-refractivity contribution < 1.29 is 19.0 Å². The van der Waals surface area contributed by atoms with E-state index in [0.717, 1.165) is 19.2 Å². The van der Waals surface area contributed by atoms with Crippen LogP contribution in [-0.4, -0.2) is 60.4 Å². The number of aromatic nitrogens is 1. The number of anilines is 1. The van der Waals surface area contributed by atoms with Crippen molar-refractivity contribution in [3.63, 3.8) is 0 Å². The van der Waals surface area contributed by atoms with Gasteiger partial charge in [-0.1, -0.05) is 6.58 Å². The first-order valence-electron chi connectivity index (χ1n) is 8.72. The van der Waals surface area contributed by atoms with Crippen molar-refractivity contribution in [2.24, 2.45) is 0 Å². The Bertz CT molecular complexity index is 962. The largest absolute Gasteiger partial charge is 0.489 e. The average molecular weight is 375 g/mol. The molecule has 1 fully saturated rings. The van der Waals surface area contributed by atoms with Crippen LogP contribution in [0.25, 0.3) is 17.1 Å². The molecule has 2 heterocycles. The van der Waals surface area contributed by atoms with E-state index in [1.807, 2.05) is 11.9 Å². The van der Waals surface area contributed by atoms with E-state index in [1.54, 1.807) is 6.92 Å². The topological polar surface area (TPSA) is 75.0 Å². The third-order valence-electron chi connectivity index (χ3n) is 4.73. The van der Waals surface area contributed by atoms with Gasteiger partial charge in [-0.05, 0) is 20.0 Å². The fourth-order valence-electron chi connectivity index (χ4n) is 3.35. The number of halogens is 1. The first kappa shape index (κ1) is 18.9. The van der Waals surface area contributed by atoms with E-state index >= 15 is 4.39 Å². The van der Waals surface area contributed by atoms with Crippen LogP contribution < -0.4 is 15.1 Å². The van der Waals surface area contributed by atoms with Crippen LogP contribution in [0.4, 0.5) is 10.1 Å². The fraction of sp³-hybridized carbons (Fsp3) is 0.368. The molecular formula is C19H22FN3O4. The molecule has 1 aromatic carbocycles.